The number of fused-ring (bicyclic) bond motifs is 1. The molecule has 2 aliphatic rings. The van der Waals surface area contributed by atoms with Gasteiger partial charge in [-0.25, -0.2) is 0 Å². The van der Waals surface area contributed by atoms with Crippen molar-refractivity contribution in [1.82, 2.24) is 0 Å². The molecule has 1 heteroatoms. The van der Waals surface area contributed by atoms with Crippen molar-refractivity contribution in [2.75, 3.05) is 5.32 Å². The average molecular weight is 243 g/mol. The second-order valence-electron chi connectivity index (χ2n) is 6.14. The lowest BCUT2D eigenvalue weighted by molar-refractivity contribution is 0.240. The first-order valence-electron chi connectivity index (χ1n) is 7.71. The lowest BCUT2D eigenvalue weighted by Gasteiger charge is -2.37. The number of rotatable bonds is 2. The van der Waals surface area contributed by atoms with Crippen molar-refractivity contribution in [2.45, 2.75) is 57.9 Å². The number of hydrogen-bond donors (Lipinski definition) is 1. The number of hydrogen-bond acceptors (Lipinski definition) is 1. The van der Waals surface area contributed by atoms with Gasteiger partial charge in [0.05, 0.1) is 0 Å². The lowest BCUT2D eigenvalue weighted by atomic mass is 9.75. The number of nitrogens with one attached hydrogen (secondary N) is 1. The van der Waals surface area contributed by atoms with E-state index in [0.29, 0.717) is 0 Å². The van der Waals surface area contributed by atoms with E-state index in [1.165, 1.54) is 56.2 Å². The monoisotopic (exact) mass is 243 g/mol. The topological polar surface area (TPSA) is 12.0 Å². The van der Waals surface area contributed by atoms with Crippen molar-refractivity contribution in [3.8, 4) is 0 Å². The number of anilines is 1. The van der Waals surface area contributed by atoms with Crippen LogP contribution in [-0.2, 0) is 6.42 Å². The van der Waals surface area contributed by atoms with E-state index >= 15 is 0 Å². The first-order chi connectivity index (χ1) is 8.86. The Morgan fingerprint density at radius 1 is 1.06 bits per heavy atom. The van der Waals surface area contributed by atoms with Gasteiger partial charge in [-0.3, -0.25) is 0 Å². The first kappa shape index (κ1) is 12.1. The molecular weight excluding hydrogens is 218 g/mol. The number of benzene rings is 1. The van der Waals surface area contributed by atoms with Crippen LogP contribution in [0.4, 0.5) is 5.69 Å². The molecule has 1 aromatic carbocycles. The quantitative estimate of drug-likeness (QED) is 0.798. The Labute approximate surface area is 111 Å². The standard InChI is InChI=1S/C17H25N/c1-2-13-7-9-15(10-8-13)17-12-11-14-5-3-4-6-16(14)18-17/h3-6,13,15,17-18H,2,7-12H2,1H3. The summed E-state index contributed by atoms with van der Waals surface area (Å²) in [6.07, 6.45) is 9.78. The number of aryl methyl sites for hydroxylation is 1. The molecule has 1 N–H and O–H groups in total. The Balaban J connectivity index is 1.63. The maximum atomic E-state index is 3.80. The first-order valence-corrected chi connectivity index (χ1v) is 7.71. The molecule has 1 aliphatic heterocycles. The van der Waals surface area contributed by atoms with Gasteiger partial charge in [0, 0.05) is 11.7 Å². The SMILES string of the molecule is CCC1CCC(C2CCc3ccccc3N2)CC1. The fourth-order valence-corrected chi connectivity index (χ4v) is 3.81. The van der Waals surface area contributed by atoms with Gasteiger partial charge >= 0.3 is 0 Å². The highest BCUT2D eigenvalue weighted by Crippen LogP contribution is 2.37. The zero-order valence-corrected chi connectivity index (χ0v) is 11.5. The van der Waals surface area contributed by atoms with E-state index in [0.717, 1.165) is 17.9 Å². The average Bonchev–Trinajstić information content (AvgIpc) is 2.47. The zero-order valence-electron chi connectivity index (χ0n) is 11.5. The smallest absolute Gasteiger partial charge is 0.0374 e. The lowest BCUT2D eigenvalue weighted by Crippen LogP contribution is -2.35. The highest BCUT2D eigenvalue weighted by atomic mass is 14.9. The van der Waals surface area contributed by atoms with Crippen LogP contribution in [0.3, 0.4) is 0 Å². The fourth-order valence-electron chi connectivity index (χ4n) is 3.81. The summed E-state index contributed by atoms with van der Waals surface area (Å²) in [7, 11) is 0. The third-order valence-corrected chi connectivity index (χ3v) is 5.12. The summed E-state index contributed by atoms with van der Waals surface area (Å²) in [5.41, 5.74) is 2.90. The normalized spacial score (nSPS) is 31.5. The van der Waals surface area contributed by atoms with Crippen LogP contribution < -0.4 is 5.32 Å². The molecule has 0 saturated heterocycles. The molecule has 1 fully saturated rings. The summed E-state index contributed by atoms with van der Waals surface area (Å²) in [6.45, 7) is 2.35. The summed E-state index contributed by atoms with van der Waals surface area (Å²) in [6, 6.07) is 9.57. The van der Waals surface area contributed by atoms with Gasteiger partial charge in [0.15, 0.2) is 0 Å². The maximum absolute atomic E-state index is 3.80. The van der Waals surface area contributed by atoms with Gasteiger partial charge < -0.3 is 5.32 Å². The van der Waals surface area contributed by atoms with Crippen LogP contribution in [0, 0.1) is 11.8 Å². The summed E-state index contributed by atoms with van der Waals surface area (Å²) < 4.78 is 0. The Bertz CT molecular complexity index is 390. The molecule has 1 aliphatic carbocycles. The van der Waals surface area contributed by atoms with Crippen molar-refractivity contribution < 1.29 is 0 Å². The molecule has 1 atom stereocenters. The van der Waals surface area contributed by atoms with E-state index in [1.54, 1.807) is 0 Å². The zero-order chi connectivity index (χ0) is 12.4. The predicted molar refractivity (Wildman–Crippen MR) is 77.9 cm³/mol. The minimum atomic E-state index is 0.734. The van der Waals surface area contributed by atoms with Crippen LogP contribution in [0.2, 0.25) is 0 Å². The van der Waals surface area contributed by atoms with Gasteiger partial charge in [-0.05, 0) is 49.1 Å². The third-order valence-electron chi connectivity index (χ3n) is 5.12. The second-order valence-corrected chi connectivity index (χ2v) is 6.14. The molecular formula is C17H25N. The molecule has 1 nitrogen and oxygen atoms in total. The second kappa shape index (κ2) is 5.34. The van der Waals surface area contributed by atoms with Crippen LogP contribution in [0.25, 0.3) is 0 Å². The fraction of sp³-hybridized carbons (Fsp3) is 0.647. The molecule has 1 aromatic rings. The molecule has 0 spiro atoms. The third kappa shape index (κ3) is 2.41. The Morgan fingerprint density at radius 2 is 1.83 bits per heavy atom. The van der Waals surface area contributed by atoms with Gasteiger partial charge in [0.25, 0.3) is 0 Å². The van der Waals surface area contributed by atoms with Crippen molar-refractivity contribution in [3.63, 3.8) is 0 Å². The molecule has 0 aromatic heterocycles. The highest BCUT2D eigenvalue weighted by molar-refractivity contribution is 5.53. The maximum Gasteiger partial charge on any atom is 0.0374 e. The highest BCUT2D eigenvalue weighted by Gasteiger charge is 2.29. The van der Waals surface area contributed by atoms with Crippen LogP contribution in [0.15, 0.2) is 24.3 Å². The van der Waals surface area contributed by atoms with Gasteiger partial charge in [-0.1, -0.05) is 44.4 Å². The van der Waals surface area contributed by atoms with E-state index in [9.17, 15) is 0 Å². The van der Waals surface area contributed by atoms with Gasteiger partial charge in [0.2, 0.25) is 0 Å². The van der Waals surface area contributed by atoms with Crippen LogP contribution >= 0.6 is 0 Å². The predicted octanol–water partition coefficient (Wildman–Crippen LogP) is 4.63. The van der Waals surface area contributed by atoms with Crippen molar-refractivity contribution >= 4 is 5.69 Å². The van der Waals surface area contributed by atoms with E-state index in [1.807, 2.05) is 0 Å². The molecule has 0 amide bonds. The van der Waals surface area contributed by atoms with Crippen molar-refractivity contribution in [2.24, 2.45) is 11.8 Å². The van der Waals surface area contributed by atoms with Crippen LogP contribution in [-0.4, -0.2) is 6.04 Å². The Hall–Kier alpha value is -0.980. The van der Waals surface area contributed by atoms with Crippen LogP contribution in [0.5, 0.6) is 0 Å². The van der Waals surface area contributed by atoms with Crippen molar-refractivity contribution in [3.05, 3.63) is 29.8 Å². The van der Waals surface area contributed by atoms with Gasteiger partial charge in [-0.15, -0.1) is 0 Å². The van der Waals surface area contributed by atoms with Crippen molar-refractivity contribution in [1.29, 1.82) is 0 Å². The van der Waals surface area contributed by atoms with Gasteiger partial charge in [0.1, 0.15) is 0 Å². The number of para-hydroxylation sites is 1. The van der Waals surface area contributed by atoms with E-state index in [4.69, 9.17) is 0 Å². The van der Waals surface area contributed by atoms with E-state index in [-0.39, 0.29) is 0 Å². The molecule has 1 unspecified atom stereocenters. The Morgan fingerprint density at radius 3 is 2.61 bits per heavy atom. The largest absolute Gasteiger partial charge is 0.382 e. The van der Waals surface area contributed by atoms with Crippen LogP contribution in [0.1, 0.15) is 51.0 Å². The Kier molecular flexibility index (Phi) is 3.58. The van der Waals surface area contributed by atoms with E-state index < -0.39 is 0 Å². The molecule has 18 heavy (non-hydrogen) atoms. The van der Waals surface area contributed by atoms with E-state index in [2.05, 4.69) is 36.5 Å². The van der Waals surface area contributed by atoms with Gasteiger partial charge in [-0.2, -0.15) is 0 Å². The molecule has 1 saturated carbocycles. The molecule has 0 radical (unpaired) electrons. The molecule has 0 bridgehead atoms. The summed E-state index contributed by atoms with van der Waals surface area (Å²) in [5.74, 6) is 1.93. The summed E-state index contributed by atoms with van der Waals surface area (Å²) in [5, 5.41) is 3.80. The molecule has 1 heterocycles. The molecule has 98 valence electrons. The molecule has 3 rings (SSSR count). The summed E-state index contributed by atoms with van der Waals surface area (Å²) in [4.78, 5) is 0. The minimum absolute atomic E-state index is 0.734. The minimum Gasteiger partial charge on any atom is -0.382 e. The summed E-state index contributed by atoms with van der Waals surface area (Å²) >= 11 is 0.